The molecule has 0 atom stereocenters. The van der Waals surface area contributed by atoms with E-state index in [4.69, 9.17) is 0 Å². The molecule has 2 aliphatic rings. The smallest absolute Gasteiger partial charge is 0.193 e. The molecule has 2 fully saturated rings. The van der Waals surface area contributed by atoms with E-state index in [1.165, 1.54) is 36.4 Å². The molecule has 0 unspecified atom stereocenters. The highest BCUT2D eigenvalue weighted by Gasteiger charge is 2.49. The third-order valence-electron chi connectivity index (χ3n) is 5.41. The minimum Gasteiger partial charge on any atom is -0.289 e. The highest BCUT2D eigenvalue weighted by atomic mass is 19.1. The summed E-state index contributed by atoms with van der Waals surface area (Å²) >= 11 is 0. The Kier molecular flexibility index (Phi) is 3.46. The van der Waals surface area contributed by atoms with Gasteiger partial charge in [0.05, 0.1) is 23.0 Å². The molecule has 0 bridgehead atoms. The van der Waals surface area contributed by atoms with Gasteiger partial charge in [-0.05, 0) is 73.2 Å². The van der Waals surface area contributed by atoms with Gasteiger partial charge in [-0.25, -0.2) is 8.78 Å². The fourth-order valence-corrected chi connectivity index (χ4v) is 3.50. The number of hydrogen-bond acceptors (Lipinski definition) is 3. The first-order valence-electron chi connectivity index (χ1n) is 8.42. The average molecular weight is 348 g/mol. The second-order valence-electron chi connectivity index (χ2n) is 7.10. The molecule has 0 aromatic heterocycles. The molecule has 0 heterocycles. The van der Waals surface area contributed by atoms with Crippen LogP contribution in [0.15, 0.2) is 36.4 Å². The maximum atomic E-state index is 13.8. The topological polar surface area (TPSA) is 64.7 Å². The zero-order valence-electron chi connectivity index (χ0n) is 13.9. The molecule has 2 saturated carbocycles. The summed E-state index contributed by atoms with van der Waals surface area (Å²) in [6, 6.07) is 12.0. The summed E-state index contributed by atoms with van der Waals surface area (Å²) < 4.78 is 27.6. The molecule has 0 N–H and O–H groups in total. The molecule has 5 heteroatoms. The Morgan fingerprint density at radius 3 is 1.50 bits per heavy atom. The summed E-state index contributed by atoms with van der Waals surface area (Å²) in [5, 5.41) is 18.9. The highest BCUT2D eigenvalue weighted by molar-refractivity contribution is 6.11. The van der Waals surface area contributed by atoms with Gasteiger partial charge in [0.2, 0.25) is 0 Å². The Bertz CT molecular complexity index is 940. The molecule has 4 rings (SSSR count). The Morgan fingerprint density at radius 1 is 0.808 bits per heavy atom. The van der Waals surface area contributed by atoms with Crippen LogP contribution in [0.1, 0.15) is 52.7 Å². The van der Waals surface area contributed by atoms with Crippen molar-refractivity contribution in [1.82, 2.24) is 0 Å². The molecule has 0 saturated heterocycles. The fourth-order valence-electron chi connectivity index (χ4n) is 3.50. The summed E-state index contributed by atoms with van der Waals surface area (Å²) in [5.41, 5.74) is -0.428. The van der Waals surface area contributed by atoms with Crippen LogP contribution in [0.25, 0.3) is 0 Å². The third kappa shape index (κ3) is 2.40. The van der Waals surface area contributed by atoms with E-state index in [2.05, 4.69) is 12.1 Å². The zero-order valence-corrected chi connectivity index (χ0v) is 13.9. The number of nitriles is 2. The first-order valence-corrected chi connectivity index (χ1v) is 8.42. The maximum absolute atomic E-state index is 13.8. The van der Waals surface area contributed by atoms with Crippen molar-refractivity contribution in [2.75, 3.05) is 0 Å². The zero-order chi connectivity index (χ0) is 18.5. The van der Waals surface area contributed by atoms with Gasteiger partial charge >= 0.3 is 0 Å². The van der Waals surface area contributed by atoms with Gasteiger partial charge in [0.15, 0.2) is 5.78 Å². The predicted octanol–water partition coefficient (Wildman–Crippen LogP) is 4.31. The summed E-state index contributed by atoms with van der Waals surface area (Å²) in [5.74, 6) is -1.42. The highest BCUT2D eigenvalue weighted by Crippen LogP contribution is 2.51. The van der Waals surface area contributed by atoms with Gasteiger partial charge in [-0.1, -0.05) is 0 Å². The quantitative estimate of drug-likeness (QED) is 0.774. The Hall–Kier alpha value is -3.05. The van der Waals surface area contributed by atoms with E-state index in [0.717, 1.165) is 0 Å². The molecule has 0 spiro atoms. The lowest BCUT2D eigenvalue weighted by Gasteiger charge is -2.16. The van der Waals surface area contributed by atoms with E-state index in [0.29, 0.717) is 36.8 Å². The number of rotatable bonds is 4. The Morgan fingerprint density at radius 2 is 1.19 bits per heavy atom. The van der Waals surface area contributed by atoms with Crippen LogP contribution in [-0.2, 0) is 10.8 Å². The monoisotopic (exact) mass is 348 g/mol. The van der Waals surface area contributed by atoms with E-state index in [1.54, 1.807) is 0 Å². The third-order valence-corrected chi connectivity index (χ3v) is 5.41. The molecule has 0 aliphatic heterocycles. The van der Waals surface area contributed by atoms with Crippen molar-refractivity contribution < 1.29 is 13.6 Å². The summed E-state index contributed by atoms with van der Waals surface area (Å²) in [6.45, 7) is 0. The van der Waals surface area contributed by atoms with E-state index in [1.807, 2.05) is 0 Å². The van der Waals surface area contributed by atoms with Crippen LogP contribution < -0.4 is 0 Å². The Balaban J connectivity index is 1.87. The first-order chi connectivity index (χ1) is 12.4. The molecule has 0 radical (unpaired) electrons. The minimum atomic E-state index is -0.834. The van der Waals surface area contributed by atoms with Gasteiger partial charge in [-0.15, -0.1) is 0 Å². The molecule has 26 heavy (non-hydrogen) atoms. The predicted molar refractivity (Wildman–Crippen MR) is 89.3 cm³/mol. The van der Waals surface area contributed by atoms with Crippen molar-refractivity contribution in [1.29, 1.82) is 10.5 Å². The van der Waals surface area contributed by atoms with Crippen LogP contribution in [0.3, 0.4) is 0 Å². The average Bonchev–Trinajstić information content (AvgIpc) is 3.56. The molecule has 3 nitrogen and oxygen atoms in total. The summed E-state index contributed by atoms with van der Waals surface area (Å²) in [6.07, 6.45) is 2.30. The van der Waals surface area contributed by atoms with Crippen molar-refractivity contribution in [3.05, 3.63) is 70.3 Å². The molecule has 2 aromatic carbocycles. The molecule has 0 amide bonds. The van der Waals surface area contributed by atoms with Crippen molar-refractivity contribution in [3.63, 3.8) is 0 Å². The number of carbonyl (C=O) groups excluding carboxylic acids is 1. The van der Waals surface area contributed by atoms with Crippen LogP contribution >= 0.6 is 0 Å². The van der Waals surface area contributed by atoms with Gasteiger partial charge in [0.1, 0.15) is 11.6 Å². The fraction of sp³-hybridized carbons (Fsp3) is 0.286. The number of hydrogen-bond donors (Lipinski definition) is 0. The molecule has 2 aromatic rings. The van der Waals surface area contributed by atoms with Crippen LogP contribution in [0, 0.1) is 34.3 Å². The first kappa shape index (κ1) is 16.4. The number of nitrogens with zero attached hydrogens (tertiary/aromatic N) is 2. The Labute approximate surface area is 149 Å². The number of halogens is 2. The molecule has 2 aliphatic carbocycles. The van der Waals surface area contributed by atoms with E-state index >= 15 is 0 Å². The van der Waals surface area contributed by atoms with E-state index in [-0.39, 0.29) is 11.1 Å². The molecular weight excluding hydrogens is 334 g/mol. The van der Waals surface area contributed by atoms with Crippen molar-refractivity contribution in [2.24, 2.45) is 0 Å². The van der Waals surface area contributed by atoms with Crippen LogP contribution in [0.4, 0.5) is 8.78 Å². The summed E-state index contributed by atoms with van der Waals surface area (Å²) in [4.78, 5) is 13.2. The number of benzene rings is 2. The van der Waals surface area contributed by atoms with Crippen molar-refractivity contribution >= 4 is 5.78 Å². The van der Waals surface area contributed by atoms with Gasteiger partial charge in [-0.2, -0.15) is 10.5 Å². The van der Waals surface area contributed by atoms with E-state index < -0.39 is 28.2 Å². The van der Waals surface area contributed by atoms with Crippen LogP contribution in [0.2, 0.25) is 0 Å². The normalized spacial score (nSPS) is 18.5. The van der Waals surface area contributed by atoms with Crippen LogP contribution in [-0.4, -0.2) is 5.78 Å². The SMILES string of the molecule is N#CC1(c2cc(F)ccc2C(=O)c2ccc(F)cc2C2(C#N)CC2)CC1. The number of ketones is 1. The van der Waals surface area contributed by atoms with Crippen LogP contribution in [0.5, 0.6) is 0 Å². The second kappa shape index (κ2) is 5.47. The second-order valence-corrected chi connectivity index (χ2v) is 7.10. The van der Waals surface area contributed by atoms with Gasteiger partial charge in [0, 0.05) is 11.1 Å². The standard InChI is InChI=1S/C21H14F2N2O/c22-13-1-3-15(17(9-13)20(11-24)5-6-20)19(26)16-4-2-14(23)10-18(16)21(12-25)7-8-21/h1-4,9-10H,5-8H2. The lowest BCUT2D eigenvalue weighted by molar-refractivity contribution is 0.103. The lowest BCUT2D eigenvalue weighted by atomic mass is 9.84. The minimum absolute atomic E-state index is 0.243. The van der Waals surface area contributed by atoms with Gasteiger partial charge in [0.25, 0.3) is 0 Å². The van der Waals surface area contributed by atoms with Gasteiger partial charge in [-0.3, -0.25) is 4.79 Å². The largest absolute Gasteiger partial charge is 0.289 e. The summed E-state index contributed by atoms with van der Waals surface area (Å²) in [7, 11) is 0. The molecular formula is C21H14F2N2O. The van der Waals surface area contributed by atoms with Crippen molar-refractivity contribution in [3.8, 4) is 12.1 Å². The van der Waals surface area contributed by atoms with Crippen molar-refractivity contribution in [2.45, 2.75) is 36.5 Å². The lowest BCUT2D eigenvalue weighted by Crippen LogP contribution is -2.17. The van der Waals surface area contributed by atoms with Gasteiger partial charge < -0.3 is 0 Å². The van der Waals surface area contributed by atoms with E-state index in [9.17, 15) is 24.1 Å². The number of carbonyl (C=O) groups is 1. The maximum Gasteiger partial charge on any atom is 0.193 e. The molecule has 128 valence electrons.